The second-order valence-corrected chi connectivity index (χ2v) is 18.3. The van der Waals surface area contributed by atoms with Gasteiger partial charge in [0.05, 0.1) is 26.6 Å². The van der Waals surface area contributed by atoms with Gasteiger partial charge in [-0.3, -0.25) is 4.79 Å². The van der Waals surface area contributed by atoms with Gasteiger partial charge in [0.15, 0.2) is 19.9 Å². The molecule has 6 rings (SSSR count). The third-order valence-corrected chi connectivity index (χ3v) is 11.5. The van der Waals surface area contributed by atoms with Crippen LogP contribution in [0.5, 0.6) is 28.7 Å². The van der Waals surface area contributed by atoms with Crippen molar-refractivity contribution in [2.75, 3.05) is 34.4 Å². The number of aldehydes is 1. The lowest BCUT2D eigenvalue weighted by atomic mass is 10.0. The van der Waals surface area contributed by atoms with Crippen LogP contribution in [0.4, 0.5) is 0 Å². The highest BCUT2D eigenvalue weighted by atomic mass is 79.9. The van der Waals surface area contributed by atoms with E-state index in [9.17, 15) is 15.0 Å². The van der Waals surface area contributed by atoms with Crippen molar-refractivity contribution in [2.45, 2.75) is 79.6 Å². The zero-order chi connectivity index (χ0) is 49.1. The zero-order valence-corrected chi connectivity index (χ0v) is 44.1. The number of carbonyl (C=O) groups excluding carboxylic acids is 1. The van der Waals surface area contributed by atoms with Crippen LogP contribution < -0.4 is 14.2 Å². The van der Waals surface area contributed by atoms with Gasteiger partial charge in [-0.05, 0) is 208 Å². The lowest BCUT2D eigenvalue weighted by molar-refractivity contribution is -0.106. The summed E-state index contributed by atoms with van der Waals surface area (Å²) < 4.78 is 34.1. The Balaban J connectivity index is 0.000000244. The Kier molecular flexibility index (Phi) is 26.5. The van der Waals surface area contributed by atoms with E-state index in [1.54, 1.807) is 44.6 Å². The number of aliphatic hydroxyl groups is 1. The molecule has 13 heteroatoms. The average Bonchev–Trinajstić information content (AvgIpc) is 3.31. The van der Waals surface area contributed by atoms with Crippen LogP contribution in [-0.2, 0) is 33.7 Å². The van der Waals surface area contributed by atoms with E-state index >= 15 is 0 Å². The normalized spacial score (nSPS) is 12.8. The maximum atomic E-state index is 10.9. The number of aliphatic hydroxyl groups excluding tert-OH is 1. The number of hydrogen-bond acceptors (Lipinski definition) is 10. The number of phenolic OH excluding ortho intramolecular Hbond substituents is 2. The van der Waals surface area contributed by atoms with E-state index in [0.29, 0.717) is 21.5 Å². The van der Waals surface area contributed by atoms with E-state index in [2.05, 4.69) is 73.8 Å². The molecule has 1 unspecified atom stereocenters. The molecular formula is C54H63Br3O10. The monoisotopic (exact) mass is 1110 g/mol. The molecule has 3 N–H and O–H groups in total. The SMILES string of the molecule is CC(C)=CCc1cc(/C=C/c2ccc(Br)c(O)c2)ccc1O.CC(C)=CCc1cc(C=O)ccc1OC1CCCCO1.COCOc1ccc(C)cc1Br.COCOc1ccc(CO)cc1Br. The van der Waals surface area contributed by atoms with Gasteiger partial charge < -0.3 is 43.7 Å². The predicted molar refractivity (Wildman–Crippen MR) is 279 cm³/mol. The molecule has 0 aromatic heterocycles. The molecule has 1 aliphatic heterocycles. The number of aryl methyl sites for hydroxylation is 1. The number of methoxy groups -OCH3 is 2. The smallest absolute Gasteiger partial charge is 0.199 e. The van der Waals surface area contributed by atoms with Crippen molar-refractivity contribution in [1.82, 2.24) is 0 Å². The van der Waals surface area contributed by atoms with Gasteiger partial charge in [-0.25, -0.2) is 0 Å². The minimum absolute atomic E-state index is 0.0309. The van der Waals surface area contributed by atoms with E-state index in [4.69, 9.17) is 33.5 Å². The van der Waals surface area contributed by atoms with Crippen LogP contribution >= 0.6 is 47.8 Å². The second kappa shape index (κ2) is 31.3. The van der Waals surface area contributed by atoms with Gasteiger partial charge >= 0.3 is 0 Å². The molecule has 0 aliphatic carbocycles. The van der Waals surface area contributed by atoms with Crippen LogP contribution in [0.3, 0.4) is 0 Å². The second-order valence-electron chi connectivity index (χ2n) is 15.8. The van der Waals surface area contributed by atoms with Gasteiger partial charge in [-0.1, -0.05) is 59.7 Å². The van der Waals surface area contributed by atoms with Crippen LogP contribution in [0.2, 0.25) is 0 Å². The van der Waals surface area contributed by atoms with Crippen molar-refractivity contribution in [3.8, 4) is 28.7 Å². The Morgan fingerprint density at radius 1 is 0.657 bits per heavy atom. The van der Waals surface area contributed by atoms with E-state index in [-0.39, 0.29) is 32.2 Å². The van der Waals surface area contributed by atoms with Gasteiger partial charge in [0.25, 0.3) is 0 Å². The van der Waals surface area contributed by atoms with Crippen molar-refractivity contribution in [1.29, 1.82) is 0 Å². The molecule has 1 atom stereocenters. The molecule has 0 bridgehead atoms. The number of carbonyl (C=O) groups is 1. The van der Waals surface area contributed by atoms with Crippen LogP contribution in [-0.4, -0.2) is 62.3 Å². The maximum absolute atomic E-state index is 10.9. The summed E-state index contributed by atoms with van der Waals surface area (Å²) in [4.78, 5) is 10.9. The molecule has 67 heavy (non-hydrogen) atoms. The molecule has 1 fully saturated rings. The standard InChI is InChI=1S/C19H19BrO2.C17H22O3.C9H11BrO3.C9H11BrO2/c1-13(2)3-8-16-11-14(7-10-18(16)21)4-5-15-6-9-17(20)19(22)12-15;1-13(2)6-8-15-11-14(12-18)7-9-16(15)20-17-5-3-4-10-19-17;1-12-6-13-9-3-2-7(5-11)4-8(9)10;1-7-3-4-9(8(10)5-7)12-6-11-2/h3-7,9-12,21-22H,8H2,1-2H3;6-7,9,11-12,17H,3-5,8,10H2,1-2H3;2-4,11H,5-6H2,1H3;3-5H,6H2,1-2H3/b5-4+;;;. The minimum Gasteiger partial charge on any atom is -0.508 e. The Labute approximate surface area is 421 Å². The highest BCUT2D eigenvalue weighted by Gasteiger charge is 2.17. The first-order valence-electron chi connectivity index (χ1n) is 21.7. The summed E-state index contributed by atoms with van der Waals surface area (Å²) in [5.74, 6) is 2.87. The van der Waals surface area contributed by atoms with Crippen LogP contribution in [0.1, 0.15) is 90.7 Å². The fourth-order valence-electron chi connectivity index (χ4n) is 5.95. The van der Waals surface area contributed by atoms with Crippen molar-refractivity contribution >= 4 is 66.2 Å². The van der Waals surface area contributed by atoms with E-state index in [1.807, 2.05) is 93.6 Å². The van der Waals surface area contributed by atoms with Crippen molar-refractivity contribution in [3.63, 3.8) is 0 Å². The Morgan fingerprint density at radius 2 is 1.22 bits per heavy atom. The molecule has 360 valence electrons. The Hall–Kier alpha value is -4.73. The fraction of sp³-hybridized carbons (Fsp3) is 0.315. The van der Waals surface area contributed by atoms with Crippen molar-refractivity contribution in [3.05, 3.63) is 167 Å². The number of rotatable bonds is 16. The lowest BCUT2D eigenvalue weighted by Gasteiger charge is -2.24. The summed E-state index contributed by atoms with van der Waals surface area (Å²) in [5, 5.41) is 28.4. The lowest BCUT2D eigenvalue weighted by Crippen LogP contribution is -2.25. The largest absolute Gasteiger partial charge is 0.508 e. The Bertz CT molecular complexity index is 2380. The number of hydrogen-bond donors (Lipinski definition) is 3. The molecule has 1 heterocycles. The first-order chi connectivity index (χ1) is 32.1. The quantitative estimate of drug-likeness (QED) is 0.0380. The van der Waals surface area contributed by atoms with Gasteiger partial charge in [0.2, 0.25) is 0 Å². The van der Waals surface area contributed by atoms with Crippen LogP contribution in [0, 0.1) is 6.92 Å². The molecule has 0 amide bonds. The zero-order valence-electron chi connectivity index (χ0n) is 39.3. The fourth-order valence-corrected chi connectivity index (χ4v) is 7.34. The summed E-state index contributed by atoms with van der Waals surface area (Å²) in [5.41, 5.74) is 9.07. The van der Waals surface area contributed by atoms with Crippen LogP contribution in [0.25, 0.3) is 12.2 Å². The average molecular weight is 1110 g/mol. The van der Waals surface area contributed by atoms with Gasteiger partial charge in [0.1, 0.15) is 35.0 Å². The number of allylic oxidation sites excluding steroid dienone is 4. The third-order valence-electron chi connectivity index (χ3n) is 9.55. The molecule has 10 nitrogen and oxygen atoms in total. The molecule has 0 spiro atoms. The number of phenols is 2. The molecular weight excluding hydrogens is 1050 g/mol. The summed E-state index contributed by atoms with van der Waals surface area (Å²) in [6, 6.07) is 27.9. The minimum atomic E-state index is -0.156. The topological polar surface area (TPSA) is 133 Å². The van der Waals surface area contributed by atoms with Gasteiger partial charge in [0, 0.05) is 26.2 Å². The molecule has 0 radical (unpaired) electrons. The van der Waals surface area contributed by atoms with E-state index in [0.717, 1.165) is 93.3 Å². The summed E-state index contributed by atoms with van der Waals surface area (Å²) in [6.07, 6.45) is 13.5. The van der Waals surface area contributed by atoms with Gasteiger partial charge in [-0.2, -0.15) is 0 Å². The summed E-state index contributed by atoms with van der Waals surface area (Å²) >= 11 is 9.99. The summed E-state index contributed by atoms with van der Waals surface area (Å²) in [7, 11) is 3.16. The molecule has 1 aliphatic rings. The van der Waals surface area contributed by atoms with Crippen molar-refractivity contribution < 1.29 is 48.5 Å². The molecule has 1 saturated heterocycles. The number of ether oxygens (including phenoxy) is 6. The number of aromatic hydroxyl groups is 2. The molecule has 5 aromatic rings. The van der Waals surface area contributed by atoms with E-state index < -0.39 is 0 Å². The maximum Gasteiger partial charge on any atom is 0.199 e. The highest BCUT2D eigenvalue weighted by Crippen LogP contribution is 2.29. The molecule has 5 aromatic carbocycles. The third kappa shape index (κ3) is 21.8. The number of halogens is 3. The Morgan fingerprint density at radius 3 is 1.78 bits per heavy atom. The predicted octanol–water partition coefficient (Wildman–Crippen LogP) is 14.1. The van der Waals surface area contributed by atoms with Gasteiger partial charge in [-0.15, -0.1) is 0 Å². The summed E-state index contributed by atoms with van der Waals surface area (Å²) in [6.45, 7) is 11.5. The highest BCUT2D eigenvalue weighted by molar-refractivity contribution is 9.11. The molecule has 0 saturated carbocycles. The van der Waals surface area contributed by atoms with Crippen molar-refractivity contribution in [2.24, 2.45) is 0 Å². The van der Waals surface area contributed by atoms with E-state index in [1.165, 1.54) is 16.7 Å². The number of benzene rings is 5. The first-order valence-corrected chi connectivity index (χ1v) is 24.0. The van der Waals surface area contributed by atoms with Crippen LogP contribution in [0.15, 0.2) is 128 Å². The first kappa shape index (κ1) is 56.6.